The highest BCUT2D eigenvalue weighted by Crippen LogP contribution is 2.33. The van der Waals surface area contributed by atoms with Crippen LogP contribution in [0.5, 0.6) is 0 Å². The number of para-hydroxylation sites is 1. The van der Waals surface area contributed by atoms with E-state index < -0.39 is 5.91 Å². The van der Waals surface area contributed by atoms with Gasteiger partial charge < -0.3 is 28.8 Å². The van der Waals surface area contributed by atoms with Gasteiger partial charge >= 0.3 is 0 Å². The third-order valence-electron chi connectivity index (χ3n) is 6.91. The summed E-state index contributed by atoms with van der Waals surface area (Å²) in [5.74, 6) is -0.0489. The van der Waals surface area contributed by atoms with Crippen molar-refractivity contribution in [3.05, 3.63) is 59.3 Å². The first kappa shape index (κ1) is 26.1. The van der Waals surface area contributed by atoms with Gasteiger partial charge in [-0.25, -0.2) is 0 Å². The van der Waals surface area contributed by atoms with Gasteiger partial charge in [-0.15, -0.1) is 11.3 Å². The van der Waals surface area contributed by atoms with E-state index in [0.29, 0.717) is 41.5 Å². The molecule has 2 amide bonds. The van der Waals surface area contributed by atoms with Crippen LogP contribution in [0.2, 0.25) is 0 Å². The number of furan rings is 1. The van der Waals surface area contributed by atoms with Crippen LogP contribution in [-0.2, 0) is 4.74 Å². The molecule has 1 aliphatic heterocycles. The fourth-order valence-electron chi connectivity index (χ4n) is 4.81. The predicted molar refractivity (Wildman–Crippen MR) is 147 cm³/mol. The van der Waals surface area contributed by atoms with Crippen LogP contribution in [-0.4, -0.2) is 72.7 Å². The lowest BCUT2D eigenvalue weighted by Crippen LogP contribution is -2.46. The molecule has 0 saturated carbocycles. The molecule has 9 nitrogen and oxygen atoms in total. The average Bonchev–Trinajstić information content (AvgIpc) is 3.71. The third-order valence-corrected chi connectivity index (χ3v) is 7.80. The summed E-state index contributed by atoms with van der Waals surface area (Å²) in [5.41, 5.74) is 1.02. The maximum atomic E-state index is 13.6. The first-order valence-electron chi connectivity index (χ1n) is 13.0. The van der Waals surface area contributed by atoms with Gasteiger partial charge in [0.25, 0.3) is 11.8 Å². The number of hydrogen-bond acceptors (Lipinski definition) is 8. The smallest absolute Gasteiger partial charge is 0.291 e. The summed E-state index contributed by atoms with van der Waals surface area (Å²) in [7, 11) is 2.13. The number of nitrogens with zero attached hydrogens (tertiary/aromatic N) is 3. The largest absolute Gasteiger partial charge is 0.449 e. The highest BCUT2D eigenvalue weighted by atomic mass is 32.1. The van der Waals surface area contributed by atoms with Gasteiger partial charge in [-0.1, -0.05) is 23.4 Å². The molecule has 0 radical (unpaired) electrons. The SMILES string of the molecule is CCOCCCN(C)C1CCN(C(=O)c2oc3ccccc3c2NC(=O)c2cc(-c3cccs3)on2)CC1. The van der Waals surface area contributed by atoms with E-state index in [4.69, 9.17) is 13.7 Å². The normalized spacial score (nSPS) is 14.4. The number of carbonyl (C=O) groups excluding carboxylic acids is 2. The van der Waals surface area contributed by atoms with Crippen molar-refractivity contribution in [1.29, 1.82) is 0 Å². The number of hydrogen-bond donors (Lipinski definition) is 1. The van der Waals surface area contributed by atoms with Gasteiger partial charge in [0.2, 0.25) is 5.76 Å². The summed E-state index contributed by atoms with van der Waals surface area (Å²) in [6.45, 7) is 5.72. The Morgan fingerprint density at radius 3 is 2.79 bits per heavy atom. The van der Waals surface area contributed by atoms with E-state index in [9.17, 15) is 9.59 Å². The summed E-state index contributed by atoms with van der Waals surface area (Å²) in [4.78, 5) is 31.8. The Bertz CT molecular complexity index is 1370. The Balaban J connectivity index is 1.29. The second-order valence-corrected chi connectivity index (χ2v) is 10.3. The van der Waals surface area contributed by atoms with Gasteiger partial charge in [0.05, 0.1) is 4.88 Å². The molecular formula is C28H32N4O5S. The van der Waals surface area contributed by atoms with Crippen LogP contribution < -0.4 is 5.32 Å². The molecule has 4 aromatic rings. The first-order valence-corrected chi connectivity index (χ1v) is 13.8. The number of nitrogens with one attached hydrogen (secondary N) is 1. The number of piperidine rings is 1. The van der Waals surface area contributed by atoms with E-state index in [-0.39, 0.29) is 17.4 Å². The lowest BCUT2D eigenvalue weighted by Gasteiger charge is -2.36. The molecule has 0 spiro atoms. The van der Waals surface area contributed by atoms with Crippen molar-refractivity contribution in [2.75, 3.05) is 45.2 Å². The predicted octanol–water partition coefficient (Wildman–Crippen LogP) is 5.36. The van der Waals surface area contributed by atoms with Gasteiger partial charge in [0, 0.05) is 50.3 Å². The Morgan fingerprint density at radius 2 is 2.03 bits per heavy atom. The van der Waals surface area contributed by atoms with Crippen molar-refractivity contribution in [1.82, 2.24) is 15.0 Å². The van der Waals surface area contributed by atoms with Gasteiger partial charge in [-0.05, 0) is 56.8 Å². The summed E-state index contributed by atoms with van der Waals surface area (Å²) < 4.78 is 16.8. The maximum Gasteiger partial charge on any atom is 0.291 e. The summed E-state index contributed by atoms with van der Waals surface area (Å²) >= 11 is 1.50. The minimum atomic E-state index is -0.468. The van der Waals surface area contributed by atoms with Crippen LogP contribution >= 0.6 is 11.3 Å². The van der Waals surface area contributed by atoms with Gasteiger partial charge in [-0.3, -0.25) is 9.59 Å². The molecule has 10 heteroatoms. The number of aromatic nitrogens is 1. The fraction of sp³-hybridized carbons (Fsp3) is 0.393. The van der Waals surface area contributed by atoms with Gasteiger partial charge in [0.15, 0.2) is 11.5 Å². The van der Waals surface area contributed by atoms with E-state index >= 15 is 0 Å². The molecule has 4 heterocycles. The fourth-order valence-corrected chi connectivity index (χ4v) is 5.48. The summed E-state index contributed by atoms with van der Waals surface area (Å²) in [6.07, 6.45) is 2.75. The minimum absolute atomic E-state index is 0.130. The summed E-state index contributed by atoms with van der Waals surface area (Å²) in [5, 5.41) is 9.39. The third kappa shape index (κ3) is 5.67. The quantitative estimate of drug-likeness (QED) is 0.272. The van der Waals surface area contributed by atoms with Crippen LogP contribution in [0.15, 0.2) is 56.8 Å². The second kappa shape index (κ2) is 11.9. The van der Waals surface area contributed by atoms with E-state index in [1.54, 1.807) is 12.1 Å². The van der Waals surface area contributed by atoms with Crippen molar-refractivity contribution in [3.8, 4) is 10.6 Å². The molecule has 1 aromatic carbocycles. The zero-order valence-corrected chi connectivity index (χ0v) is 22.5. The zero-order valence-electron chi connectivity index (χ0n) is 21.6. The first-order chi connectivity index (χ1) is 18.5. The monoisotopic (exact) mass is 536 g/mol. The van der Waals surface area contributed by atoms with Gasteiger partial charge in [-0.2, -0.15) is 0 Å². The molecule has 0 aliphatic carbocycles. The van der Waals surface area contributed by atoms with E-state index in [1.807, 2.05) is 47.5 Å². The van der Waals surface area contributed by atoms with Crippen LogP contribution in [0, 0.1) is 0 Å². The highest BCUT2D eigenvalue weighted by molar-refractivity contribution is 7.13. The molecular weight excluding hydrogens is 504 g/mol. The van der Waals surface area contributed by atoms with Crippen molar-refractivity contribution >= 4 is 39.8 Å². The van der Waals surface area contributed by atoms with Crippen LogP contribution in [0.1, 0.15) is 47.2 Å². The Kier molecular flexibility index (Phi) is 8.21. The Morgan fingerprint density at radius 1 is 1.21 bits per heavy atom. The second-order valence-electron chi connectivity index (χ2n) is 9.36. The molecule has 5 rings (SSSR count). The summed E-state index contributed by atoms with van der Waals surface area (Å²) in [6, 6.07) is 13.1. The lowest BCUT2D eigenvalue weighted by atomic mass is 10.0. The molecule has 0 unspecified atom stereocenters. The van der Waals surface area contributed by atoms with Crippen molar-refractivity contribution in [2.24, 2.45) is 0 Å². The standard InChI is InChI=1S/C28H32N4O5S/c1-3-35-16-7-13-31(2)19-11-14-32(15-12-19)28(34)26-25(20-8-4-5-9-22(20)36-26)29-27(33)21-18-23(37-30-21)24-10-6-17-38-24/h4-6,8-10,17-19H,3,7,11-16H2,1-2H3,(H,29,33). The van der Waals surface area contributed by atoms with Gasteiger partial charge in [0.1, 0.15) is 11.3 Å². The highest BCUT2D eigenvalue weighted by Gasteiger charge is 2.31. The van der Waals surface area contributed by atoms with E-state index in [2.05, 4.69) is 22.4 Å². The minimum Gasteiger partial charge on any atom is -0.449 e. The number of benzene rings is 1. The lowest BCUT2D eigenvalue weighted by molar-refractivity contribution is 0.0606. The van der Waals surface area contributed by atoms with Crippen LogP contribution in [0.4, 0.5) is 5.69 Å². The number of likely N-dealkylation sites (tertiary alicyclic amines) is 1. The number of thiophene rings is 1. The zero-order chi connectivity index (χ0) is 26.5. The number of ether oxygens (including phenoxy) is 1. The molecule has 1 fully saturated rings. The molecule has 1 saturated heterocycles. The van der Waals surface area contributed by atoms with Crippen molar-refractivity contribution in [3.63, 3.8) is 0 Å². The van der Waals surface area contributed by atoms with Crippen molar-refractivity contribution in [2.45, 2.75) is 32.2 Å². The Labute approximate surface area is 225 Å². The van der Waals surface area contributed by atoms with Crippen molar-refractivity contribution < 1.29 is 23.3 Å². The number of carbonyl (C=O) groups is 2. The number of fused-ring (bicyclic) bond motifs is 1. The molecule has 3 aromatic heterocycles. The number of rotatable bonds is 10. The maximum absolute atomic E-state index is 13.6. The number of amides is 2. The van der Waals surface area contributed by atoms with Crippen LogP contribution in [0.3, 0.4) is 0 Å². The molecule has 0 bridgehead atoms. The molecule has 1 N–H and O–H groups in total. The molecule has 38 heavy (non-hydrogen) atoms. The molecule has 200 valence electrons. The number of anilines is 1. The Hall–Kier alpha value is -3.47. The van der Waals surface area contributed by atoms with E-state index in [0.717, 1.165) is 43.9 Å². The topological polar surface area (TPSA) is 101 Å². The van der Waals surface area contributed by atoms with E-state index in [1.165, 1.54) is 11.3 Å². The molecule has 1 aliphatic rings. The molecule has 0 atom stereocenters. The average molecular weight is 537 g/mol. The van der Waals surface area contributed by atoms with Crippen LogP contribution in [0.25, 0.3) is 21.6 Å².